The molecule has 4 rings (SSSR count). The number of nitrogens with one attached hydrogen (secondary N) is 1. The van der Waals surface area contributed by atoms with E-state index in [1.54, 1.807) is 18.2 Å². The molecule has 0 saturated carbocycles. The van der Waals surface area contributed by atoms with Gasteiger partial charge in [0.15, 0.2) is 11.5 Å². The lowest BCUT2D eigenvalue weighted by Gasteiger charge is -2.18. The van der Waals surface area contributed by atoms with Crippen molar-refractivity contribution in [3.8, 4) is 17.2 Å². The van der Waals surface area contributed by atoms with Gasteiger partial charge in [-0.05, 0) is 44.2 Å². The van der Waals surface area contributed by atoms with Crippen LogP contribution in [0, 0.1) is 13.8 Å². The summed E-state index contributed by atoms with van der Waals surface area (Å²) in [7, 11) is 0. The predicted octanol–water partition coefficient (Wildman–Crippen LogP) is 3.19. The summed E-state index contributed by atoms with van der Waals surface area (Å²) in [6.07, 6.45) is 0. The molecule has 6 heteroatoms. The van der Waals surface area contributed by atoms with Gasteiger partial charge in [-0.2, -0.15) is 5.10 Å². The van der Waals surface area contributed by atoms with Crippen LogP contribution in [0.25, 0.3) is 5.69 Å². The number of aryl methyl sites for hydroxylation is 1. The Morgan fingerprint density at radius 1 is 1.07 bits per heavy atom. The maximum atomic E-state index is 12.6. The summed E-state index contributed by atoms with van der Waals surface area (Å²) >= 11 is 0. The number of hydrogen-bond acceptors (Lipinski definition) is 4. The van der Waals surface area contributed by atoms with E-state index in [2.05, 4.69) is 10.4 Å². The van der Waals surface area contributed by atoms with E-state index >= 15 is 0 Å². The van der Waals surface area contributed by atoms with Gasteiger partial charge in [0.25, 0.3) is 5.91 Å². The highest BCUT2D eigenvalue weighted by atomic mass is 16.6. The van der Waals surface area contributed by atoms with Crippen molar-refractivity contribution in [2.75, 3.05) is 13.2 Å². The Morgan fingerprint density at radius 3 is 2.59 bits per heavy atom. The van der Waals surface area contributed by atoms with Crippen LogP contribution >= 0.6 is 0 Å². The van der Waals surface area contributed by atoms with Crippen molar-refractivity contribution in [3.05, 3.63) is 71.0 Å². The Hall–Kier alpha value is -3.28. The third kappa shape index (κ3) is 3.38. The number of hydrogen-bond donors (Lipinski definition) is 1. The van der Waals surface area contributed by atoms with Crippen molar-refractivity contribution in [1.82, 2.24) is 15.1 Å². The Kier molecular flexibility index (Phi) is 4.54. The Morgan fingerprint density at radius 2 is 1.81 bits per heavy atom. The van der Waals surface area contributed by atoms with Gasteiger partial charge in [-0.1, -0.05) is 18.2 Å². The molecule has 2 aromatic carbocycles. The van der Waals surface area contributed by atoms with Crippen LogP contribution in [0.2, 0.25) is 0 Å². The van der Waals surface area contributed by atoms with Crippen molar-refractivity contribution < 1.29 is 14.3 Å². The highest BCUT2D eigenvalue weighted by Gasteiger charge is 2.17. The minimum Gasteiger partial charge on any atom is -0.486 e. The van der Waals surface area contributed by atoms with Crippen LogP contribution in [-0.4, -0.2) is 28.9 Å². The van der Waals surface area contributed by atoms with E-state index in [9.17, 15) is 4.79 Å². The van der Waals surface area contributed by atoms with Crippen molar-refractivity contribution >= 4 is 5.91 Å². The number of ether oxygens (including phenoxy) is 2. The lowest BCUT2D eigenvalue weighted by Crippen LogP contribution is -2.24. The van der Waals surface area contributed by atoms with E-state index in [1.807, 2.05) is 48.9 Å². The van der Waals surface area contributed by atoms with Gasteiger partial charge in [0.2, 0.25) is 0 Å². The number of aromatic nitrogens is 2. The van der Waals surface area contributed by atoms with Crippen molar-refractivity contribution in [2.24, 2.45) is 0 Å². The van der Waals surface area contributed by atoms with Crippen LogP contribution in [0.15, 0.2) is 48.5 Å². The SMILES string of the molecule is Cc1nn(-c2ccccc2)c(C)c1CNC(=O)c1ccc2c(c1)OCCO2. The third-order valence-corrected chi connectivity index (χ3v) is 4.67. The number of para-hydroxylation sites is 1. The van der Waals surface area contributed by atoms with Crippen LogP contribution in [0.3, 0.4) is 0 Å². The molecular weight excluding hydrogens is 342 g/mol. The highest BCUT2D eigenvalue weighted by molar-refractivity contribution is 5.94. The third-order valence-electron chi connectivity index (χ3n) is 4.67. The normalized spacial score (nSPS) is 12.7. The monoisotopic (exact) mass is 363 g/mol. The fourth-order valence-electron chi connectivity index (χ4n) is 3.21. The molecule has 6 nitrogen and oxygen atoms in total. The molecule has 0 saturated heterocycles. The summed E-state index contributed by atoms with van der Waals surface area (Å²) in [5.41, 5.74) is 4.48. The van der Waals surface area contributed by atoms with Gasteiger partial charge in [0.1, 0.15) is 13.2 Å². The minimum absolute atomic E-state index is 0.154. The number of amides is 1. The maximum absolute atomic E-state index is 12.6. The Bertz CT molecular complexity index is 980. The van der Waals surface area contributed by atoms with Gasteiger partial charge in [0.05, 0.1) is 11.4 Å². The molecule has 138 valence electrons. The van der Waals surface area contributed by atoms with Gasteiger partial charge >= 0.3 is 0 Å². The summed E-state index contributed by atoms with van der Waals surface area (Å²) in [5, 5.41) is 7.60. The molecule has 0 unspecified atom stereocenters. The average Bonchev–Trinajstić information content (AvgIpc) is 3.00. The molecular formula is C21H21N3O3. The molecule has 1 aliphatic heterocycles. The number of carbonyl (C=O) groups is 1. The van der Waals surface area contributed by atoms with E-state index in [-0.39, 0.29) is 5.91 Å². The molecule has 2 heterocycles. The minimum atomic E-state index is -0.154. The zero-order valence-corrected chi connectivity index (χ0v) is 15.4. The number of rotatable bonds is 4. The standard InChI is InChI=1S/C21H21N3O3/c1-14-18(15(2)24(23-14)17-6-4-3-5-7-17)13-22-21(25)16-8-9-19-20(12-16)27-11-10-26-19/h3-9,12H,10-11,13H2,1-2H3,(H,22,25). The summed E-state index contributed by atoms with van der Waals surface area (Å²) in [4.78, 5) is 12.6. The number of carbonyl (C=O) groups excluding carboxylic acids is 1. The molecule has 0 radical (unpaired) electrons. The average molecular weight is 363 g/mol. The summed E-state index contributed by atoms with van der Waals surface area (Å²) in [5.74, 6) is 1.13. The zero-order chi connectivity index (χ0) is 18.8. The molecule has 27 heavy (non-hydrogen) atoms. The van der Waals surface area contributed by atoms with E-state index < -0.39 is 0 Å². The molecule has 0 atom stereocenters. The first-order valence-electron chi connectivity index (χ1n) is 8.92. The van der Waals surface area contributed by atoms with Gasteiger partial charge in [-0.3, -0.25) is 4.79 Å². The Labute approximate surface area is 157 Å². The van der Waals surface area contributed by atoms with E-state index in [4.69, 9.17) is 9.47 Å². The van der Waals surface area contributed by atoms with Gasteiger partial charge in [0, 0.05) is 23.4 Å². The topological polar surface area (TPSA) is 65.4 Å². The van der Waals surface area contributed by atoms with Crippen LogP contribution in [-0.2, 0) is 6.54 Å². The number of nitrogens with zero attached hydrogens (tertiary/aromatic N) is 2. The summed E-state index contributed by atoms with van der Waals surface area (Å²) in [6.45, 7) is 5.41. The lowest BCUT2D eigenvalue weighted by molar-refractivity contribution is 0.0949. The second kappa shape index (κ2) is 7.15. The molecule has 1 aliphatic rings. The van der Waals surface area contributed by atoms with Crippen molar-refractivity contribution in [1.29, 1.82) is 0 Å². The molecule has 1 amide bonds. The second-order valence-corrected chi connectivity index (χ2v) is 6.44. The number of fused-ring (bicyclic) bond motifs is 1. The van der Waals surface area contributed by atoms with Gasteiger partial charge in [-0.25, -0.2) is 4.68 Å². The second-order valence-electron chi connectivity index (χ2n) is 6.44. The van der Waals surface area contributed by atoms with Crippen LogP contribution in [0.4, 0.5) is 0 Å². The van der Waals surface area contributed by atoms with Gasteiger partial charge in [-0.15, -0.1) is 0 Å². The zero-order valence-electron chi connectivity index (χ0n) is 15.4. The molecule has 0 aliphatic carbocycles. The number of benzene rings is 2. The van der Waals surface area contributed by atoms with E-state index in [1.165, 1.54) is 0 Å². The van der Waals surface area contributed by atoms with E-state index in [0.717, 1.165) is 22.6 Å². The smallest absolute Gasteiger partial charge is 0.251 e. The molecule has 0 bridgehead atoms. The molecule has 0 spiro atoms. The van der Waals surface area contributed by atoms with Crippen LogP contribution < -0.4 is 14.8 Å². The van der Waals surface area contributed by atoms with Crippen molar-refractivity contribution in [2.45, 2.75) is 20.4 Å². The Balaban J connectivity index is 1.50. The molecule has 1 N–H and O–H groups in total. The first-order valence-corrected chi connectivity index (χ1v) is 8.92. The largest absolute Gasteiger partial charge is 0.486 e. The summed E-state index contributed by atoms with van der Waals surface area (Å²) in [6, 6.07) is 15.2. The molecule has 3 aromatic rings. The predicted molar refractivity (Wildman–Crippen MR) is 102 cm³/mol. The first kappa shape index (κ1) is 17.1. The summed E-state index contributed by atoms with van der Waals surface area (Å²) < 4.78 is 12.9. The first-order chi connectivity index (χ1) is 13.1. The van der Waals surface area contributed by atoms with Crippen LogP contribution in [0.1, 0.15) is 27.3 Å². The lowest BCUT2D eigenvalue weighted by atomic mass is 10.1. The quantitative estimate of drug-likeness (QED) is 0.773. The molecule has 0 fully saturated rings. The molecule has 1 aromatic heterocycles. The maximum Gasteiger partial charge on any atom is 0.251 e. The highest BCUT2D eigenvalue weighted by Crippen LogP contribution is 2.30. The van der Waals surface area contributed by atoms with Crippen molar-refractivity contribution in [3.63, 3.8) is 0 Å². The van der Waals surface area contributed by atoms with Gasteiger partial charge < -0.3 is 14.8 Å². The fourth-order valence-corrected chi connectivity index (χ4v) is 3.21. The van der Waals surface area contributed by atoms with Crippen LogP contribution in [0.5, 0.6) is 11.5 Å². The fraction of sp³-hybridized carbons (Fsp3) is 0.238. The van der Waals surface area contributed by atoms with E-state index in [0.29, 0.717) is 36.8 Å².